The Kier molecular flexibility index (Phi) is 7.00. The zero-order valence-corrected chi connectivity index (χ0v) is 16.8. The molecule has 1 aromatic carbocycles. The number of hydrogen-bond acceptors (Lipinski definition) is 7. The van der Waals surface area contributed by atoms with Crippen LogP contribution in [0.15, 0.2) is 47.5 Å². The molecule has 0 atom stereocenters. The number of carbonyl (C=O) groups is 1. The van der Waals surface area contributed by atoms with E-state index in [0.717, 1.165) is 5.69 Å². The molecular formula is C18H21ClN2O6S. The van der Waals surface area contributed by atoms with Crippen LogP contribution in [0.4, 0.5) is 0 Å². The summed E-state index contributed by atoms with van der Waals surface area (Å²) in [7, 11) is -4.05. The lowest BCUT2D eigenvalue weighted by Gasteiger charge is -2.34. The van der Waals surface area contributed by atoms with E-state index in [0.29, 0.717) is 11.5 Å². The van der Waals surface area contributed by atoms with Gasteiger partial charge in [-0.1, -0.05) is 0 Å². The fourth-order valence-corrected chi connectivity index (χ4v) is 4.92. The van der Waals surface area contributed by atoms with Crippen LogP contribution < -0.4 is 10.2 Å². The zero-order chi connectivity index (χ0) is 19.5. The van der Waals surface area contributed by atoms with Crippen molar-refractivity contribution in [3.8, 4) is 11.5 Å². The van der Waals surface area contributed by atoms with Gasteiger partial charge in [0, 0.05) is 18.9 Å². The van der Waals surface area contributed by atoms with Crippen molar-refractivity contribution >= 4 is 28.2 Å². The summed E-state index contributed by atoms with van der Waals surface area (Å²) in [6, 6.07) is 9.35. The molecule has 8 nitrogen and oxygen atoms in total. The quantitative estimate of drug-likeness (QED) is 0.555. The number of hydroxylamine groups is 1. The van der Waals surface area contributed by atoms with E-state index in [-0.39, 0.29) is 43.4 Å². The molecular weight excluding hydrogens is 408 g/mol. The molecule has 0 spiro atoms. The van der Waals surface area contributed by atoms with Gasteiger partial charge in [-0.15, -0.1) is 12.4 Å². The summed E-state index contributed by atoms with van der Waals surface area (Å²) in [4.78, 5) is 16.3. The van der Waals surface area contributed by atoms with Crippen molar-refractivity contribution in [3.05, 3.63) is 48.3 Å². The van der Waals surface area contributed by atoms with E-state index >= 15 is 0 Å². The highest BCUT2D eigenvalue weighted by molar-refractivity contribution is 7.93. The first-order chi connectivity index (χ1) is 12.9. The molecule has 152 valence electrons. The van der Waals surface area contributed by atoms with E-state index in [2.05, 4.69) is 4.98 Å². The molecule has 1 fully saturated rings. The van der Waals surface area contributed by atoms with Gasteiger partial charge in [0.2, 0.25) is 0 Å². The van der Waals surface area contributed by atoms with Crippen molar-refractivity contribution in [2.45, 2.75) is 29.4 Å². The molecule has 0 saturated carbocycles. The SMILES string of the molecule is Cc1ccc(Oc2ccc(S(=O)(=O)C3(C(=O)NO)CCOCC3)cc2)cn1.Cl. The summed E-state index contributed by atoms with van der Waals surface area (Å²) < 4.78 is 35.4. The van der Waals surface area contributed by atoms with Crippen LogP contribution in [0.25, 0.3) is 0 Å². The standard InChI is InChI=1S/C18H20N2O6S.ClH/c1-13-2-3-15(12-19-13)26-14-4-6-16(7-5-14)27(23,24)18(17(21)20-22)8-10-25-11-9-18;/h2-7,12,22H,8-11H2,1H3,(H,20,21);1H. The maximum absolute atomic E-state index is 13.1. The first-order valence-corrected chi connectivity index (χ1v) is 9.85. The van der Waals surface area contributed by atoms with Crippen molar-refractivity contribution in [1.82, 2.24) is 10.5 Å². The van der Waals surface area contributed by atoms with E-state index < -0.39 is 20.5 Å². The smallest absolute Gasteiger partial charge is 0.265 e. The van der Waals surface area contributed by atoms with Gasteiger partial charge in [-0.2, -0.15) is 0 Å². The van der Waals surface area contributed by atoms with Gasteiger partial charge in [0.1, 0.15) is 11.5 Å². The minimum absolute atomic E-state index is 0. The second-order valence-electron chi connectivity index (χ2n) is 6.26. The Balaban J connectivity index is 0.00000280. The number of sulfone groups is 1. The van der Waals surface area contributed by atoms with Gasteiger partial charge in [-0.25, -0.2) is 13.9 Å². The molecule has 3 rings (SSSR count). The van der Waals surface area contributed by atoms with Gasteiger partial charge in [0.05, 0.1) is 11.1 Å². The minimum Gasteiger partial charge on any atom is -0.456 e. The minimum atomic E-state index is -4.05. The van der Waals surface area contributed by atoms with Crippen molar-refractivity contribution in [3.63, 3.8) is 0 Å². The Hall–Kier alpha value is -2.20. The number of aryl methyl sites for hydroxylation is 1. The van der Waals surface area contributed by atoms with Gasteiger partial charge in [-0.05, 0) is 56.2 Å². The molecule has 2 N–H and O–H groups in total. The molecule has 1 aromatic heterocycles. The van der Waals surface area contributed by atoms with Crippen molar-refractivity contribution in [1.29, 1.82) is 0 Å². The van der Waals surface area contributed by atoms with E-state index in [9.17, 15) is 13.2 Å². The molecule has 1 aliphatic heterocycles. The average Bonchev–Trinajstić information content (AvgIpc) is 2.70. The molecule has 2 aromatic rings. The first kappa shape index (κ1) is 22.1. The van der Waals surface area contributed by atoms with Gasteiger partial charge in [-0.3, -0.25) is 15.0 Å². The molecule has 0 bridgehead atoms. The molecule has 1 amide bonds. The molecule has 0 aliphatic carbocycles. The number of nitrogens with one attached hydrogen (secondary N) is 1. The molecule has 1 aliphatic rings. The third-order valence-electron chi connectivity index (χ3n) is 4.58. The topological polar surface area (TPSA) is 115 Å². The van der Waals surface area contributed by atoms with Crippen LogP contribution >= 0.6 is 12.4 Å². The summed E-state index contributed by atoms with van der Waals surface area (Å²) in [5.74, 6) is 0.0147. The van der Waals surface area contributed by atoms with Crippen molar-refractivity contribution in [2.24, 2.45) is 0 Å². The molecule has 0 unspecified atom stereocenters. The van der Waals surface area contributed by atoms with Crippen LogP contribution in [0.1, 0.15) is 18.5 Å². The summed E-state index contributed by atoms with van der Waals surface area (Å²) in [5, 5.41) is 9.06. The highest BCUT2D eigenvalue weighted by Gasteiger charge is 2.52. The Morgan fingerprint density at radius 3 is 2.29 bits per heavy atom. The molecule has 10 heteroatoms. The Labute approximate surface area is 169 Å². The van der Waals surface area contributed by atoms with Gasteiger partial charge in [0.15, 0.2) is 14.6 Å². The number of ether oxygens (including phenoxy) is 2. The number of hydrogen-bond donors (Lipinski definition) is 2. The maximum Gasteiger partial charge on any atom is 0.265 e. The number of halogens is 1. The van der Waals surface area contributed by atoms with Crippen LogP contribution in [0, 0.1) is 6.92 Å². The predicted octanol–water partition coefficient (Wildman–Crippen LogP) is 2.43. The van der Waals surface area contributed by atoms with Crippen LogP contribution in [0.3, 0.4) is 0 Å². The lowest BCUT2D eigenvalue weighted by atomic mass is 9.98. The fourth-order valence-electron chi connectivity index (χ4n) is 2.98. The van der Waals surface area contributed by atoms with Gasteiger partial charge >= 0.3 is 0 Å². The van der Waals surface area contributed by atoms with Gasteiger partial charge in [0.25, 0.3) is 5.91 Å². The summed E-state index contributed by atoms with van der Waals surface area (Å²) in [6.45, 7) is 2.10. The second kappa shape index (κ2) is 8.87. The molecule has 0 radical (unpaired) electrons. The Bertz CT molecular complexity index is 910. The number of benzene rings is 1. The molecule has 28 heavy (non-hydrogen) atoms. The van der Waals surface area contributed by atoms with Crippen LogP contribution in [0.2, 0.25) is 0 Å². The number of aromatic nitrogens is 1. The summed E-state index contributed by atoms with van der Waals surface area (Å²) >= 11 is 0. The normalized spacial score (nSPS) is 15.9. The molecule has 1 saturated heterocycles. The van der Waals surface area contributed by atoms with E-state index in [4.69, 9.17) is 14.7 Å². The third kappa shape index (κ3) is 4.12. The first-order valence-electron chi connectivity index (χ1n) is 8.36. The van der Waals surface area contributed by atoms with E-state index in [1.54, 1.807) is 18.3 Å². The van der Waals surface area contributed by atoms with Crippen molar-refractivity contribution < 1.29 is 27.9 Å². The second-order valence-corrected chi connectivity index (χ2v) is 8.52. The highest BCUT2D eigenvalue weighted by atomic mass is 35.5. The fraction of sp³-hybridized carbons (Fsp3) is 0.333. The predicted molar refractivity (Wildman–Crippen MR) is 103 cm³/mol. The number of amides is 1. The maximum atomic E-state index is 13.1. The van der Waals surface area contributed by atoms with Crippen molar-refractivity contribution in [2.75, 3.05) is 13.2 Å². The number of carbonyl (C=O) groups excluding carboxylic acids is 1. The van der Waals surface area contributed by atoms with E-state index in [1.165, 1.54) is 29.7 Å². The third-order valence-corrected chi connectivity index (χ3v) is 7.10. The van der Waals surface area contributed by atoms with Crippen LogP contribution in [-0.4, -0.2) is 42.5 Å². The van der Waals surface area contributed by atoms with Crippen LogP contribution in [-0.2, 0) is 19.4 Å². The van der Waals surface area contributed by atoms with Gasteiger partial charge < -0.3 is 9.47 Å². The Morgan fingerprint density at radius 1 is 1.14 bits per heavy atom. The van der Waals surface area contributed by atoms with Crippen LogP contribution in [0.5, 0.6) is 11.5 Å². The monoisotopic (exact) mass is 428 g/mol. The Morgan fingerprint density at radius 2 is 1.75 bits per heavy atom. The summed E-state index contributed by atoms with van der Waals surface area (Å²) in [5.41, 5.74) is 2.35. The summed E-state index contributed by atoms with van der Waals surface area (Å²) in [6.07, 6.45) is 1.51. The molecule has 2 heterocycles. The largest absolute Gasteiger partial charge is 0.456 e. The highest BCUT2D eigenvalue weighted by Crippen LogP contribution is 2.36. The van der Waals surface area contributed by atoms with E-state index in [1.807, 2.05) is 6.92 Å². The lowest BCUT2D eigenvalue weighted by Crippen LogP contribution is -2.54. The average molecular weight is 429 g/mol. The number of rotatable bonds is 5. The zero-order valence-electron chi connectivity index (χ0n) is 15.1. The number of pyridine rings is 1. The lowest BCUT2D eigenvalue weighted by molar-refractivity contribution is -0.134. The number of nitrogens with zero attached hydrogens (tertiary/aromatic N) is 1.